The molecule has 0 saturated carbocycles. The monoisotopic (exact) mass is 172 g/mol. The molecular weight excluding hydrogens is 152 g/mol. The maximum absolute atomic E-state index is 5.22. The molecule has 0 saturated heterocycles. The highest BCUT2D eigenvalue weighted by molar-refractivity contribution is 5.79. The molecule has 72 valence electrons. The van der Waals surface area contributed by atoms with Crippen molar-refractivity contribution in [2.24, 2.45) is 10.8 Å². The third kappa shape index (κ3) is 4.96. The molecule has 0 fully saturated rings. The molecule has 0 rings (SSSR count). The lowest BCUT2D eigenvalue weighted by Crippen LogP contribution is -2.45. The van der Waals surface area contributed by atoms with Crippen molar-refractivity contribution >= 4 is 5.96 Å². The molecule has 0 aromatic carbocycles. The van der Waals surface area contributed by atoms with Gasteiger partial charge in [-0.15, -0.1) is 0 Å². The van der Waals surface area contributed by atoms with Crippen molar-refractivity contribution in [3.05, 3.63) is 0 Å². The lowest BCUT2D eigenvalue weighted by Gasteiger charge is -2.15. The van der Waals surface area contributed by atoms with Crippen LogP contribution in [0.25, 0.3) is 0 Å². The Bertz CT molecular complexity index is 133. The zero-order chi connectivity index (χ0) is 9.40. The third-order valence-corrected chi connectivity index (χ3v) is 1.73. The average molecular weight is 172 g/mol. The third-order valence-electron chi connectivity index (χ3n) is 1.73. The van der Waals surface area contributed by atoms with Gasteiger partial charge in [-0.25, -0.2) is 5.84 Å². The van der Waals surface area contributed by atoms with Crippen LogP contribution in [0.5, 0.6) is 0 Å². The second-order valence-electron chi connectivity index (χ2n) is 2.90. The number of unbranched alkanes of at least 4 members (excludes halogenated alkanes) is 1. The lowest BCUT2D eigenvalue weighted by molar-refractivity contribution is 0.562. The molecule has 0 aromatic heterocycles. The van der Waals surface area contributed by atoms with Crippen LogP contribution >= 0.6 is 0 Å². The van der Waals surface area contributed by atoms with Crippen molar-refractivity contribution in [1.82, 2.24) is 10.7 Å². The molecule has 0 aliphatic heterocycles. The fraction of sp³-hybridized carbons (Fsp3) is 0.875. The zero-order valence-corrected chi connectivity index (χ0v) is 8.22. The molecule has 0 aliphatic rings. The minimum Gasteiger partial charge on any atom is -0.353 e. The fourth-order valence-electron chi connectivity index (χ4n) is 0.987. The Morgan fingerprint density at radius 2 is 2.25 bits per heavy atom. The summed E-state index contributed by atoms with van der Waals surface area (Å²) in [7, 11) is 1.70. The SMILES string of the molecule is CCCCC(C)NC(=NC)NN. The van der Waals surface area contributed by atoms with Gasteiger partial charge in [0.05, 0.1) is 0 Å². The largest absolute Gasteiger partial charge is 0.353 e. The quantitative estimate of drug-likeness (QED) is 0.252. The maximum atomic E-state index is 5.22. The van der Waals surface area contributed by atoms with Crippen LogP contribution in [0, 0.1) is 0 Å². The van der Waals surface area contributed by atoms with Crippen LogP contribution in [0.2, 0.25) is 0 Å². The highest BCUT2D eigenvalue weighted by atomic mass is 15.3. The summed E-state index contributed by atoms with van der Waals surface area (Å²) in [5, 5.41) is 3.16. The van der Waals surface area contributed by atoms with Crippen molar-refractivity contribution in [2.45, 2.75) is 39.2 Å². The highest BCUT2D eigenvalue weighted by Crippen LogP contribution is 1.98. The number of hydrogen-bond acceptors (Lipinski definition) is 2. The van der Waals surface area contributed by atoms with Crippen LogP contribution in [-0.2, 0) is 0 Å². The van der Waals surface area contributed by atoms with Crippen LogP contribution < -0.4 is 16.6 Å². The molecular formula is C8H20N4. The van der Waals surface area contributed by atoms with Crippen LogP contribution in [0.15, 0.2) is 4.99 Å². The molecule has 4 nitrogen and oxygen atoms in total. The first-order valence-electron chi connectivity index (χ1n) is 4.44. The summed E-state index contributed by atoms with van der Waals surface area (Å²) in [5.41, 5.74) is 2.50. The number of nitrogens with two attached hydrogens (primary N) is 1. The summed E-state index contributed by atoms with van der Waals surface area (Å²) in [6, 6.07) is 0.430. The molecule has 4 N–H and O–H groups in total. The van der Waals surface area contributed by atoms with Crippen molar-refractivity contribution in [1.29, 1.82) is 0 Å². The molecule has 12 heavy (non-hydrogen) atoms. The Morgan fingerprint density at radius 3 is 2.67 bits per heavy atom. The summed E-state index contributed by atoms with van der Waals surface area (Å²) >= 11 is 0. The smallest absolute Gasteiger partial charge is 0.205 e. The number of nitrogens with one attached hydrogen (secondary N) is 2. The normalized spacial score (nSPS) is 14.2. The highest BCUT2D eigenvalue weighted by Gasteiger charge is 2.01. The van der Waals surface area contributed by atoms with Gasteiger partial charge in [0.15, 0.2) is 0 Å². The van der Waals surface area contributed by atoms with E-state index in [-0.39, 0.29) is 0 Å². The Kier molecular flexibility index (Phi) is 6.47. The van der Waals surface area contributed by atoms with Gasteiger partial charge in [0.1, 0.15) is 0 Å². The van der Waals surface area contributed by atoms with Gasteiger partial charge in [-0.1, -0.05) is 19.8 Å². The molecule has 4 heteroatoms. The molecule has 0 amide bonds. The van der Waals surface area contributed by atoms with E-state index in [1.54, 1.807) is 7.05 Å². The van der Waals surface area contributed by atoms with Gasteiger partial charge in [0.2, 0.25) is 5.96 Å². The van der Waals surface area contributed by atoms with Gasteiger partial charge < -0.3 is 5.32 Å². The Morgan fingerprint density at radius 1 is 1.58 bits per heavy atom. The minimum absolute atomic E-state index is 0.430. The second kappa shape index (κ2) is 6.91. The van der Waals surface area contributed by atoms with E-state index in [1.165, 1.54) is 12.8 Å². The van der Waals surface area contributed by atoms with Crippen molar-refractivity contribution in [3.8, 4) is 0 Å². The average Bonchev–Trinajstić information content (AvgIpc) is 2.10. The Hall–Kier alpha value is -0.770. The lowest BCUT2D eigenvalue weighted by atomic mass is 10.1. The van der Waals surface area contributed by atoms with E-state index in [4.69, 9.17) is 5.84 Å². The van der Waals surface area contributed by atoms with Crippen LogP contribution in [-0.4, -0.2) is 19.0 Å². The Labute approximate surface area is 74.6 Å². The van der Waals surface area contributed by atoms with E-state index < -0.39 is 0 Å². The van der Waals surface area contributed by atoms with Crippen LogP contribution in [0.3, 0.4) is 0 Å². The standard InChI is InChI=1S/C8H20N4/c1-4-5-6-7(2)11-8(10-3)12-9/h7H,4-6,9H2,1-3H3,(H2,10,11,12). The van der Waals surface area contributed by atoms with Gasteiger partial charge in [-0.2, -0.15) is 0 Å². The summed E-state index contributed by atoms with van der Waals surface area (Å²) in [6.07, 6.45) is 3.60. The predicted octanol–water partition coefficient (Wildman–Crippen LogP) is 0.604. The molecule has 0 aliphatic carbocycles. The first-order chi connectivity index (χ1) is 5.74. The van der Waals surface area contributed by atoms with E-state index in [2.05, 4.69) is 29.6 Å². The molecule has 1 atom stereocenters. The summed E-state index contributed by atoms with van der Waals surface area (Å²) in [6.45, 7) is 4.31. The summed E-state index contributed by atoms with van der Waals surface area (Å²) in [5.74, 6) is 5.87. The van der Waals surface area contributed by atoms with Crippen molar-refractivity contribution in [2.75, 3.05) is 7.05 Å². The van der Waals surface area contributed by atoms with Crippen LogP contribution in [0.4, 0.5) is 0 Å². The Balaban J connectivity index is 3.59. The number of guanidine groups is 1. The molecule has 0 aromatic rings. The van der Waals surface area contributed by atoms with Crippen molar-refractivity contribution < 1.29 is 0 Å². The summed E-state index contributed by atoms with van der Waals surface area (Å²) < 4.78 is 0. The second-order valence-corrected chi connectivity index (χ2v) is 2.90. The number of hydrazine groups is 1. The van der Waals surface area contributed by atoms with Gasteiger partial charge in [-0.05, 0) is 13.3 Å². The first-order valence-corrected chi connectivity index (χ1v) is 4.44. The number of hydrogen-bond donors (Lipinski definition) is 3. The van der Waals surface area contributed by atoms with E-state index in [0.29, 0.717) is 12.0 Å². The van der Waals surface area contributed by atoms with Crippen molar-refractivity contribution in [3.63, 3.8) is 0 Å². The van der Waals surface area contributed by atoms with Crippen LogP contribution in [0.1, 0.15) is 33.1 Å². The number of nitrogens with zero attached hydrogens (tertiary/aromatic N) is 1. The van der Waals surface area contributed by atoms with Gasteiger partial charge in [-0.3, -0.25) is 10.4 Å². The maximum Gasteiger partial charge on any atom is 0.205 e. The van der Waals surface area contributed by atoms with Gasteiger partial charge in [0.25, 0.3) is 0 Å². The predicted molar refractivity (Wildman–Crippen MR) is 52.8 cm³/mol. The van der Waals surface area contributed by atoms with E-state index in [9.17, 15) is 0 Å². The number of rotatable bonds is 4. The molecule has 0 heterocycles. The molecule has 0 spiro atoms. The first kappa shape index (κ1) is 11.2. The molecule has 0 radical (unpaired) electrons. The van der Waals surface area contributed by atoms with Gasteiger partial charge >= 0.3 is 0 Å². The minimum atomic E-state index is 0.430. The van der Waals surface area contributed by atoms with E-state index >= 15 is 0 Å². The van der Waals surface area contributed by atoms with E-state index in [1.807, 2.05) is 0 Å². The van der Waals surface area contributed by atoms with E-state index in [0.717, 1.165) is 6.42 Å². The molecule has 0 bridgehead atoms. The summed E-state index contributed by atoms with van der Waals surface area (Å²) in [4.78, 5) is 3.92. The van der Waals surface area contributed by atoms with Gasteiger partial charge in [0, 0.05) is 13.1 Å². The fourth-order valence-corrected chi connectivity index (χ4v) is 0.987. The topological polar surface area (TPSA) is 62.4 Å². The molecule has 1 unspecified atom stereocenters. The number of aliphatic imine (C=N–C) groups is 1. The zero-order valence-electron chi connectivity index (χ0n) is 8.22.